The molecule has 1 aliphatic carbocycles. The predicted octanol–water partition coefficient (Wildman–Crippen LogP) is 4.68. The maximum absolute atomic E-state index is 5.19. The van der Waals surface area contributed by atoms with Gasteiger partial charge in [0.25, 0.3) is 0 Å². The standard InChI is InChI=1S/C19H26N2/c1-15(18-13-8-14-20-18)19(16-9-4-2-5-10-16)21-17-11-6-3-7-12-17/h2,4-5,9-10,15,17H,3,6-8,11-14H2,1H3. The Hall–Kier alpha value is -1.44. The average molecular weight is 282 g/mol. The topological polar surface area (TPSA) is 24.7 Å². The first-order chi connectivity index (χ1) is 10.3. The van der Waals surface area contributed by atoms with Crippen LogP contribution in [0.1, 0.15) is 57.4 Å². The van der Waals surface area contributed by atoms with Crippen LogP contribution in [0.5, 0.6) is 0 Å². The highest BCUT2D eigenvalue weighted by molar-refractivity contribution is 6.15. The van der Waals surface area contributed by atoms with Crippen molar-refractivity contribution in [2.45, 2.75) is 57.9 Å². The Morgan fingerprint density at radius 2 is 1.86 bits per heavy atom. The van der Waals surface area contributed by atoms with Crippen molar-refractivity contribution >= 4 is 11.4 Å². The van der Waals surface area contributed by atoms with Gasteiger partial charge in [0.1, 0.15) is 0 Å². The first-order valence-corrected chi connectivity index (χ1v) is 8.51. The summed E-state index contributed by atoms with van der Waals surface area (Å²) in [5.41, 5.74) is 3.90. The molecule has 2 nitrogen and oxygen atoms in total. The van der Waals surface area contributed by atoms with Gasteiger partial charge < -0.3 is 0 Å². The molecule has 1 heterocycles. The molecule has 1 aromatic rings. The molecule has 1 saturated carbocycles. The van der Waals surface area contributed by atoms with E-state index >= 15 is 0 Å². The largest absolute Gasteiger partial charge is 0.293 e. The maximum Gasteiger partial charge on any atom is 0.0508 e. The minimum Gasteiger partial charge on any atom is -0.293 e. The zero-order chi connectivity index (χ0) is 14.5. The molecule has 21 heavy (non-hydrogen) atoms. The fraction of sp³-hybridized carbons (Fsp3) is 0.579. The Balaban J connectivity index is 1.88. The van der Waals surface area contributed by atoms with Gasteiger partial charge in [0.2, 0.25) is 0 Å². The molecule has 0 aromatic heterocycles. The van der Waals surface area contributed by atoms with Crippen LogP contribution >= 0.6 is 0 Å². The third kappa shape index (κ3) is 3.61. The fourth-order valence-corrected chi connectivity index (χ4v) is 3.53. The Kier molecular flexibility index (Phi) is 4.84. The second-order valence-electron chi connectivity index (χ2n) is 6.37. The zero-order valence-electron chi connectivity index (χ0n) is 13.1. The van der Waals surface area contributed by atoms with E-state index < -0.39 is 0 Å². The van der Waals surface area contributed by atoms with Gasteiger partial charge in [-0.05, 0) is 31.2 Å². The van der Waals surface area contributed by atoms with Crippen molar-refractivity contribution in [3.8, 4) is 0 Å². The minimum atomic E-state index is 0.372. The summed E-state index contributed by atoms with van der Waals surface area (Å²) in [6.07, 6.45) is 8.94. The highest BCUT2D eigenvalue weighted by atomic mass is 14.8. The predicted molar refractivity (Wildman–Crippen MR) is 90.6 cm³/mol. The van der Waals surface area contributed by atoms with Crippen LogP contribution in [-0.2, 0) is 0 Å². The van der Waals surface area contributed by atoms with Gasteiger partial charge >= 0.3 is 0 Å². The van der Waals surface area contributed by atoms with Crippen LogP contribution < -0.4 is 0 Å². The van der Waals surface area contributed by atoms with Crippen LogP contribution in [0, 0.1) is 5.92 Å². The summed E-state index contributed by atoms with van der Waals surface area (Å²) >= 11 is 0. The van der Waals surface area contributed by atoms with Gasteiger partial charge in [0.15, 0.2) is 0 Å². The number of benzene rings is 1. The molecule has 2 aliphatic rings. The van der Waals surface area contributed by atoms with Crippen LogP contribution in [0.25, 0.3) is 0 Å². The lowest BCUT2D eigenvalue weighted by atomic mass is 9.90. The molecule has 2 heteroatoms. The van der Waals surface area contributed by atoms with Crippen molar-refractivity contribution in [3.63, 3.8) is 0 Å². The number of aliphatic imine (C=N–C) groups is 2. The minimum absolute atomic E-state index is 0.372. The summed E-state index contributed by atoms with van der Waals surface area (Å²) in [5.74, 6) is 0.372. The lowest BCUT2D eigenvalue weighted by Gasteiger charge is -2.22. The van der Waals surface area contributed by atoms with Crippen molar-refractivity contribution in [2.75, 3.05) is 6.54 Å². The van der Waals surface area contributed by atoms with Gasteiger partial charge in [-0.1, -0.05) is 56.5 Å². The molecule has 0 bridgehead atoms. The lowest BCUT2D eigenvalue weighted by molar-refractivity contribution is 0.442. The zero-order valence-corrected chi connectivity index (χ0v) is 13.1. The smallest absolute Gasteiger partial charge is 0.0508 e. The molecule has 3 rings (SSSR count). The second kappa shape index (κ2) is 7.02. The van der Waals surface area contributed by atoms with E-state index in [9.17, 15) is 0 Å². The molecule has 0 spiro atoms. The van der Waals surface area contributed by atoms with Crippen LogP contribution in [-0.4, -0.2) is 24.0 Å². The number of hydrogen-bond acceptors (Lipinski definition) is 2. The molecule has 0 saturated heterocycles. The van der Waals surface area contributed by atoms with Crippen LogP contribution in [0.3, 0.4) is 0 Å². The highest BCUT2D eigenvalue weighted by Gasteiger charge is 2.22. The molecule has 1 atom stereocenters. The third-order valence-electron chi connectivity index (χ3n) is 4.78. The molecule has 1 unspecified atom stereocenters. The van der Waals surface area contributed by atoms with Gasteiger partial charge in [-0.3, -0.25) is 9.98 Å². The van der Waals surface area contributed by atoms with E-state index in [0.717, 1.165) is 13.0 Å². The molecule has 0 amide bonds. The van der Waals surface area contributed by atoms with Gasteiger partial charge in [0.05, 0.1) is 11.8 Å². The molecule has 112 valence electrons. The quantitative estimate of drug-likeness (QED) is 0.716. The van der Waals surface area contributed by atoms with Crippen molar-refractivity contribution < 1.29 is 0 Å². The van der Waals surface area contributed by atoms with E-state index in [1.165, 1.54) is 55.5 Å². The van der Waals surface area contributed by atoms with Gasteiger partial charge in [-0.15, -0.1) is 0 Å². The second-order valence-corrected chi connectivity index (χ2v) is 6.37. The Bertz CT molecular complexity index is 510. The van der Waals surface area contributed by atoms with E-state index in [0.29, 0.717) is 12.0 Å². The van der Waals surface area contributed by atoms with Gasteiger partial charge in [0, 0.05) is 18.2 Å². The average Bonchev–Trinajstić information content (AvgIpc) is 3.08. The first kappa shape index (κ1) is 14.5. The molecule has 1 aliphatic heterocycles. The highest BCUT2D eigenvalue weighted by Crippen LogP contribution is 2.24. The summed E-state index contributed by atoms with van der Waals surface area (Å²) in [5, 5.41) is 0. The summed E-state index contributed by atoms with van der Waals surface area (Å²) in [6, 6.07) is 11.3. The summed E-state index contributed by atoms with van der Waals surface area (Å²) < 4.78 is 0. The normalized spacial score (nSPS) is 22.1. The molecular formula is C19H26N2. The summed E-state index contributed by atoms with van der Waals surface area (Å²) in [6.45, 7) is 3.30. The number of nitrogens with zero attached hydrogens (tertiary/aromatic N) is 2. The van der Waals surface area contributed by atoms with Gasteiger partial charge in [-0.2, -0.15) is 0 Å². The van der Waals surface area contributed by atoms with Crippen molar-refractivity contribution in [1.82, 2.24) is 0 Å². The molecule has 1 aromatic carbocycles. The van der Waals surface area contributed by atoms with Crippen LogP contribution in [0.15, 0.2) is 40.3 Å². The van der Waals surface area contributed by atoms with Crippen molar-refractivity contribution in [3.05, 3.63) is 35.9 Å². The van der Waals surface area contributed by atoms with E-state index in [1.54, 1.807) is 0 Å². The van der Waals surface area contributed by atoms with E-state index in [1.807, 2.05) is 0 Å². The van der Waals surface area contributed by atoms with E-state index in [-0.39, 0.29) is 0 Å². The number of hydrogen-bond donors (Lipinski definition) is 0. The van der Waals surface area contributed by atoms with E-state index in [4.69, 9.17) is 9.98 Å². The third-order valence-corrected chi connectivity index (χ3v) is 4.78. The molecule has 1 fully saturated rings. The van der Waals surface area contributed by atoms with Crippen LogP contribution in [0.2, 0.25) is 0 Å². The van der Waals surface area contributed by atoms with Crippen molar-refractivity contribution in [2.24, 2.45) is 15.9 Å². The lowest BCUT2D eigenvalue weighted by Crippen LogP contribution is -2.24. The summed E-state index contributed by atoms with van der Waals surface area (Å²) in [4.78, 5) is 9.90. The fourth-order valence-electron chi connectivity index (χ4n) is 3.53. The molecule has 0 N–H and O–H groups in total. The summed E-state index contributed by atoms with van der Waals surface area (Å²) in [7, 11) is 0. The Morgan fingerprint density at radius 1 is 1.10 bits per heavy atom. The SMILES string of the molecule is CC(C1=NCCC1)C(=NC1CCCCC1)c1ccccc1. The molecular weight excluding hydrogens is 256 g/mol. The number of rotatable bonds is 4. The first-order valence-electron chi connectivity index (χ1n) is 8.51. The maximum atomic E-state index is 5.19. The van der Waals surface area contributed by atoms with Gasteiger partial charge in [-0.25, -0.2) is 0 Å². The van der Waals surface area contributed by atoms with Crippen molar-refractivity contribution in [1.29, 1.82) is 0 Å². The Labute approximate surface area is 128 Å². The monoisotopic (exact) mass is 282 g/mol. The van der Waals surface area contributed by atoms with Crippen LogP contribution in [0.4, 0.5) is 0 Å². The molecule has 0 radical (unpaired) electrons. The Morgan fingerprint density at radius 3 is 2.52 bits per heavy atom. The van der Waals surface area contributed by atoms with E-state index in [2.05, 4.69) is 37.3 Å².